The van der Waals surface area contributed by atoms with Crippen molar-refractivity contribution in [1.82, 2.24) is 0 Å². The van der Waals surface area contributed by atoms with Gasteiger partial charge in [-0.15, -0.1) is 0 Å². The normalized spacial score (nSPS) is 53.7. The van der Waals surface area contributed by atoms with Crippen molar-refractivity contribution in [2.45, 2.75) is 64.0 Å². The molecule has 5 aliphatic rings. The lowest BCUT2D eigenvalue weighted by Crippen LogP contribution is -2.52. The summed E-state index contributed by atoms with van der Waals surface area (Å²) in [6.45, 7) is 9.05. The van der Waals surface area contributed by atoms with Gasteiger partial charge in [0.05, 0.1) is 5.25 Å². The molecule has 25 heavy (non-hydrogen) atoms. The van der Waals surface area contributed by atoms with Gasteiger partial charge in [-0.25, -0.2) is 0 Å². The average Bonchev–Trinajstić information content (AvgIpc) is 3.00. The van der Waals surface area contributed by atoms with Crippen LogP contribution in [-0.2, 0) is 15.6 Å². The molecule has 4 fully saturated rings. The summed E-state index contributed by atoms with van der Waals surface area (Å²) in [5.74, 6) is 3.93. The Hall–Kier alpha value is -0.700. The summed E-state index contributed by atoms with van der Waals surface area (Å²) in [4.78, 5) is 12.1. The molecule has 8 atom stereocenters. The van der Waals surface area contributed by atoms with Crippen LogP contribution in [0.1, 0.15) is 58.8 Å². The van der Waals surface area contributed by atoms with Crippen molar-refractivity contribution in [2.24, 2.45) is 34.5 Å². The average molecular weight is 359 g/mol. The van der Waals surface area contributed by atoms with Crippen LogP contribution >= 0.6 is 0 Å². The third-order valence-electron chi connectivity index (χ3n) is 9.00. The second-order valence-electron chi connectivity index (χ2n) is 9.87. The standard InChI is InChI=1S/C22H30O2S/c1-13(2)16-4-5-17-15-11-20-19-10-14(23)6-9-22(19,12-25(20)24)18(15)7-8-21(16,17)3/h10,15-18,20H,1,4-9,11-12H2,2-3H3/t15?,16?,17?,18?,20-,21-,22+,25?/m1/s1. The molecular formula is C22H30O2S. The van der Waals surface area contributed by atoms with Crippen LogP contribution in [0.2, 0.25) is 0 Å². The molecule has 1 heterocycles. The van der Waals surface area contributed by atoms with E-state index in [1.165, 1.54) is 36.8 Å². The highest BCUT2D eigenvalue weighted by Crippen LogP contribution is 2.69. The molecule has 4 aliphatic carbocycles. The smallest absolute Gasteiger partial charge is 0.155 e. The molecule has 2 nitrogen and oxygen atoms in total. The Morgan fingerprint density at radius 3 is 2.80 bits per heavy atom. The number of hydrogen-bond acceptors (Lipinski definition) is 2. The SMILES string of the molecule is C=C(C)C1CCC2C3C[C@@H]4C5=CC(=O)CC[C@]5(CS4=O)C3CC[C@]12C. The van der Waals surface area contributed by atoms with Crippen molar-refractivity contribution in [3.63, 3.8) is 0 Å². The molecular weight excluding hydrogens is 328 g/mol. The fourth-order valence-corrected chi connectivity index (χ4v) is 10.3. The minimum absolute atomic E-state index is 0.106. The monoisotopic (exact) mass is 358 g/mol. The fourth-order valence-electron chi connectivity index (χ4n) is 8.04. The van der Waals surface area contributed by atoms with Gasteiger partial charge in [-0.3, -0.25) is 9.00 Å². The lowest BCUT2D eigenvalue weighted by atomic mass is 9.46. The molecule has 1 aliphatic heterocycles. The van der Waals surface area contributed by atoms with E-state index >= 15 is 0 Å². The molecule has 5 rings (SSSR count). The molecule has 0 radical (unpaired) electrons. The van der Waals surface area contributed by atoms with Crippen LogP contribution in [0.15, 0.2) is 23.8 Å². The highest BCUT2D eigenvalue weighted by molar-refractivity contribution is 7.86. The summed E-state index contributed by atoms with van der Waals surface area (Å²) in [7, 11) is -0.766. The van der Waals surface area contributed by atoms with Gasteiger partial charge in [-0.05, 0) is 86.2 Å². The minimum Gasteiger partial charge on any atom is -0.295 e. The Bertz CT molecular complexity index is 722. The van der Waals surface area contributed by atoms with E-state index in [9.17, 15) is 9.00 Å². The van der Waals surface area contributed by atoms with Gasteiger partial charge in [0, 0.05) is 28.4 Å². The summed E-state index contributed by atoms with van der Waals surface area (Å²) < 4.78 is 13.0. The van der Waals surface area contributed by atoms with Crippen molar-refractivity contribution in [3.8, 4) is 0 Å². The Balaban J connectivity index is 1.57. The van der Waals surface area contributed by atoms with E-state index in [4.69, 9.17) is 0 Å². The van der Waals surface area contributed by atoms with Crippen molar-refractivity contribution in [2.75, 3.05) is 5.75 Å². The van der Waals surface area contributed by atoms with Crippen LogP contribution in [0.3, 0.4) is 0 Å². The van der Waals surface area contributed by atoms with Gasteiger partial charge in [-0.1, -0.05) is 19.1 Å². The fraction of sp³-hybridized carbons (Fsp3) is 0.773. The first kappa shape index (κ1) is 16.5. The maximum Gasteiger partial charge on any atom is 0.155 e. The molecule has 0 N–H and O–H groups in total. The number of fused-ring (bicyclic) bond motifs is 3. The van der Waals surface area contributed by atoms with Gasteiger partial charge in [0.15, 0.2) is 5.78 Å². The highest BCUT2D eigenvalue weighted by atomic mass is 32.2. The maximum atomic E-state index is 13.0. The van der Waals surface area contributed by atoms with Crippen molar-refractivity contribution < 1.29 is 9.00 Å². The molecule has 5 unspecified atom stereocenters. The van der Waals surface area contributed by atoms with E-state index < -0.39 is 10.8 Å². The molecule has 1 saturated heterocycles. The summed E-state index contributed by atoms with van der Waals surface area (Å²) in [5.41, 5.74) is 3.18. The van der Waals surface area contributed by atoms with Crippen molar-refractivity contribution in [3.05, 3.63) is 23.8 Å². The molecule has 3 heteroatoms. The number of hydrogen-bond donors (Lipinski definition) is 0. The number of carbonyl (C=O) groups is 1. The lowest BCUT2D eigenvalue weighted by Gasteiger charge is -2.57. The van der Waals surface area contributed by atoms with Gasteiger partial charge in [0.2, 0.25) is 0 Å². The molecule has 0 aromatic carbocycles. The van der Waals surface area contributed by atoms with E-state index in [2.05, 4.69) is 20.4 Å². The largest absolute Gasteiger partial charge is 0.295 e. The van der Waals surface area contributed by atoms with Gasteiger partial charge in [-0.2, -0.15) is 0 Å². The third-order valence-corrected chi connectivity index (χ3v) is 10.9. The zero-order valence-corrected chi connectivity index (χ0v) is 16.4. The van der Waals surface area contributed by atoms with Crippen LogP contribution in [0, 0.1) is 34.5 Å². The molecule has 136 valence electrons. The van der Waals surface area contributed by atoms with E-state index in [0.29, 0.717) is 29.6 Å². The van der Waals surface area contributed by atoms with Crippen LogP contribution in [0.5, 0.6) is 0 Å². The Kier molecular flexibility index (Phi) is 3.41. The number of carbonyl (C=O) groups excluding carboxylic acids is 1. The Morgan fingerprint density at radius 2 is 2.04 bits per heavy atom. The molecule has 0 amide bonds. The third kappa shape index (κ3) is 1.97. The zero-order valence-electron chi connectivity index (χ0n) is 15.6. The van der Waals surface area contributed by atoms with Gasteiger partial charge in [0.25, 0.3) is 0 Å². The number of rotatable bonds is 1. The molecule has 0 aromatic heterocycles. The molecule has 3 saturated carbocycles. The lowest BCUT2D eigenvalue weighted by molar-refractivity contribution is -0.117. The Labute approximate surface area is 154 Å². The molecule has 0 aromatic rings. The predicted molar refractivity (Wildman–Crippen MR) is 102 cm³/mol. The summed E-state index contributed by atoms with van der Waals surface area (Å²) in [6, 6.07) is 0. The van der Waals surface area contributed by atoms with E-state index in [0.717, 1.165) is 24.5 Å². The first-order chi connectivity index (χ1) is 11.9. The second kappa shape index (κ2) is 5.18. The second-order valence-corrected chi connectivity index (χ2v) is 11.5. The number of allylic oxidation sites excluding steroid dienone is 1. The minimum atomic E-state index is -0.766. The first-order valence-electron chi connectivity index (χ1n) is 10.1. The van der Waals surface area contributed by atoms with E-state index in [1.54, 1.807) is 0 Å². The van der Waals surface area contributed by atoms with Crippen LogP contribution < -0.4 is 0 Å². The zero-order chi connectivity index (χ0) is 17.6. The maximum absolute atomic E-state index is 13.0. The predicted octanol–water partition coefficient (Wildman–Crippen LogP) is 4.43. The van der Waals surface area contributed by atoms with E-state index in [1.807, 2.05) is 6.08 Å². The highest BCUT2D eigenvalue weighted by Gasteiger charge is 2.65. The molecule has 0 spiro atoms. The molecule has 2 bridgehead atoms. The quantitative estimate of drug-likeness (QED) is 0.650. The van der Waals surface area contributed by atoms with Gasteiger partial charge >= 0.3 is 0 Å². The van der Waals surface area contributed by atoms with Crippen molar-refractivity contribution in [1.29, 1.82) is 0 Å². The van der Waals surface area contributed by atoms with Crippen molar-refractivity contribution >= 4 is 16.6 Å². The van der Waals surface area contributed by atoms with Gasteiger partial charge in [0.1, 0.15) is 0 Å². The summed E-state index contributed by atoms with van der Waals surface area (Å²) in [6.07, 6.45) is 9.80. The Morgan fingerprint density at radius 1 is 1.24 bits per heavy atom. The van der Waals surface area contributed by atoms with Crippen LogP contribution in [-0.4, -0.2) is 21.0 Å². The van der Waals surface area contributed by atoms with E-state index in [-0.39, 0.29) is 16.4 Å². The van der Waals surface area contributed by atoms with Gasteiger partial charge < -0.3 is 0 Å². The topological polar surface area (TPSA) is 34.1 Å². The van der Waals surface area contributed by atoms with Crippen LogP contribution in [0.4, 0.5) is 0 Å². The first-order valence-corrected chi connectivity index (χ1v) is 11.5. The van der Waals surface area contributed by atoms with Crippen LogP contribution in [0.25, 0.3) is 0 Å². The summed E-state index contributed by atoms with van der Waals surface area (Å²) in [5, 5.41) is 0.178. The summed E-state index contributed by atoms with van der Waals surface area (Å²) >= 11 is 0. The number of ketones is 1.